The van der Waals surface area contributed by atoms with Crippen molar-refractivity contribution >= 4 is 11.9 Å². The summed E-state index contributed by atoms with van der Waals surface area (Å²) in [7, 11) is 6.57. The van der Waals surface area contributed by atoms with Gasteiger partial charge in [-0.15, -0.1) is 0 Å². The first kappa shape index (κ1) is 29.5. The molecule has 0 amide bonds. The molecule has 2 aromatic rings. The molecule has 2 rings (SSSR count). The molecule has 35 heavy (non-hydrogen) atoms. The Morgan fingerprint density at radius 3 is 1.43 bits per heavy atom. The molecule has 11 nitrogen and oxygen atoms in total. The Balaban J connectivity index is 0.000000579. The van der Waals surface area contributed by atoms with Crippen molar-refractivity contribution in [2.75, 3.05) is 41.5 Å². The first-order valence-electron chi connectivity index (χ1n) is 10.7. The van der Waals surface area contributed by atoms with Gasteiger partial charge in [0.25, 0.3) is 0 Å². The summed E-state index contributed by atoms with van der Waals surface area (Å²) in [5.74, 6) is 0.139. The van der Waals surface area contributed by atoms with Crippen LogP contribution in [0.2, 0.25) is 0 Å². The highest BCUT2D eigenvalue weighted by Gasteiger charge is 2.16. The summed E-state index contributed by atoms with van der Waals surface area (Å²) < 4.78 is 21.1. The van der Waals surface area contributed by atoms with Gasteiger partial charge in [-0.1, -0.05) is 12.1 Å². The summed E-state index contributed by atoms with van der Waals surface area (Å²) in [5.41, 5.74) is 2.31. The minimum Gasteiger partial charge on any atom is -0.493 e. The minimum absolute atomic E-state index is 0.743. The van der Waals surface area contributed by atoms with Crippen molar-refractivity contribution in [1.29, 1.82) is 0 Å². The van der Waals surface area contributed by atoms with E-state index in [0.717, 1.165) is 60.3 Å². The number of nitrogens with one attached hydrogen (secondary N) is 2. The van der Waals surface area contributed by atoms with Crippen LogP contribution in [0.1, 0.15) is 17.5 Å². The molecule has 0 heterocycles. The van der Waals surface area contributed by atoms with Gasteiger partial charge in [0.2, 0.25) is 0 Å². The van der Waals surface area contributed by atoms with Crippen LogP contribution in [-0.2, 0) is 22.7 Å². The normalized spacial score (nSPS) is 11.0. The van der Waals surface area contributed by atoms with Crippen molar-refractivity contribution in [2.45, 2.75) is 25.6 Å². The van der Waals surface area contributed by atoms with Crippen LogP contribution in [0, 0.1) is 0 Å². The van der Waals surface area contributed by atoms with Gasteiger partial charge >= 0.3 is 11.9 Å². The number of aliphatic hydroxyl groups excluding tert-OH is 1. The molecule has 0 saturated carbocycles. The zero-order valence-electron chi connectivity index (χ0n) is 20.4. The van der Waals surface area contributed by atoms with Gasteiger partial charge in [0.1, 0.15) is 0 Å². The molecule has 0 aliphatic carbocycles. The summed E-state index contributed by atoms with van der Waals surface area (Å²) in [4.78, 5) is 19.4. The average molecular weight is 495 g/mol. The number of methoxy groups -OCH3 is 4. The number of carboxylic acids is 2. The molecule has 0 spiro atoms. The predicted molar refractivity (Wildman–Crippen MR) is 128 cm³/mol. The van der Waals surface area contributed by atoms with E-state index in [-0.39, 0.29) is 0 Å². The second-order valence-corrected chi connectivity index (χ2v) is 7.18. The second kappa shape index (κ2) is 16.1. The average Bonchev–Trinajstić information content (AvgIpc) is 2.85. The molecule has 0 aliphatic heterocycles. The third-order valence-corrected chi connectivity index (χ3v) is 4.69. The van der Waals surface area contributed by atoms with Crippen LogP contribution in [0.5, 0.6) is 23.0 Å². The maximum Gasteiger partial charge on any atom is 0.333 e. The molecule has 11 heteroatoms. The number of carboxylic acid groups (broad SMARTS) is 2. The molecule has 194 valence electrons. The smallest absolute Gasteiger partial charge is 0.333 e. The molecular weight excluding hydrogens is 460 g/mol. The lowest BCUT2D eigenvalue weighted by Crippen LogP contribution is -2.26. The largest absolute Gasteiger partial charge is 0.493 e. The van der Waals surface area contributed by atoms with Crippen LogP contribution in [0.4, 0.5) is 0 Å². The molecule has 0 aromatic heterocycles. The highest BCUT2D eigenvalue weighted by atomic mass is 16.5. The Kier molecular flexibility index (Phi) is 13.6. The molecule has 0 fully saturated rings. The Bertz CT molecular complexity index is 878. The van der Waals surface area contributed by atoms with E-state index < -0.39 is 24.5 Å². The summed E-state index contributed by atoms with van der Waals surface area (Å²) in [6, 6.07) is 11.9. The summed E-state index contributed by atoms with van der Waals surface area (Å²) in [5, 5.41) is 31.0. The second-order valence-electron chi connectivity index (χ2n) is 7.18. The summed E-state index contributed by atoms with van der Waals surface area (Å²) >= 11 is 0. The lowest BCUT2D eigenvalue weighted by atomic mass is 10.2. The molecule has 5 N–H and O–H groups in total. The van der Waals surface area contributed by atoms with E-state index in [1.165, 1.54) is 0 Å². The summed E-state index contributed by atoms with van der Waals surface area (Å²) in [6.07, 6.45) is -2.54. The van der Waals surface area contributed by atoms with Crippen LogP contribution in [0.15, 0.2) is 36.4 Å². The molecular formula is C24H34N2O9. The van der Waals surface area contributed by atoms with E-state index in [1.54, 1.807) is 28.4 Å². The van der Waals surface area contributed by atoms with Crippen molar-refractivity contribution in [2.24, 2.45) is 0 Å². The maximum atomic E-state index is 9.72. The highest BCUT2D eigenvalue weighted by Crippen LogP contribution is 2.28. The monoisotopic (exact) mass is 494 g/mol. The highest BCUT2D eigenvalue weighted by molar-refractivity contribution is 5.79. The van der Waals surface area contributed by atoms with Crippen LogP contribution in [0.25, 0.3) is 0 Å². The van der Waals surface area contributed by atoms with Crippen molar-refractivity contribution in [3.8, 4) is 23.0 Å². The Morgan fingerprint density at radius 1 is 0.743 bits per heavy atom. The zero-order valence-corrected chi connectivity index (χ0v) is 20.4. The van der Waals surface area contributed by atoms with E-state index in [2.05, 4.69) is 10.6 Å². The Morgan fingerprint density at radius 2 is 1.14 bits per heavy atom. The number of carbonyl (C=O) groups is 2. The number of hydrogen-bond acceptors (Lipinski definition) is 9. The molecule has 0 bridgehead atoms. The van der Waals surface area contributed by atoms with Gasteiger partial charge in [-0.05, 0) is 35.4 Å². The number of benzene rings is 2. The Labute approximate surface area is 204 Å². The first-order valence-corrected chi connectivity index (χ1v) is 10.7. The molecule has 1 atom stereocenters. The first-order chi connectivity index (χ1) is 16.7. The van der Waals surface area contributed by atoms with Crippen molar-refractivity contribution in [3.63, 3.8) is 0 Å². The SMILES string of the molecule is COc1ccc(CNCCNCc2ccc(OC)c(OC)c2)cc1OC.O=C(O)CC(O)C(=O)O. The van der Waals surface area contributed by atoms with E-state index in [0.29, 0.717) is 0 Å². The van der Waals surface area contributed by atoms with Crippen LogP contribution in [-0.4, -0.2) is 74.9 Å². The van der Waals surface area contributed by atoms with Gasteiger partial charge < -0.3 is 44.9 Å². The third kappa shape index (κ3) is 11.0. The lowest BCUT2D eigenvalue weighted by Gasteiger charge is -2.11. The molecule has 0 aliphatic rings. The van der Waals surface area contributed by atoms with E-state index in [1.807, 2.05) is 36.4 Å². The quantitative estimate of drug-likeness (QED) is 0.243. The van der Waals surface area contributed by atoms with Gasteiger partial charge in [0.15, 0.2) is 29.1 Å². The molecule has 2 aromatic carbocycles. The molecule has 1 unspecified atom stereocenters. The van der Waals surface area contributed by atoms with Crippen molar-refractivity contribution in [1.82, 2.24) is 10.6 Å². The van der Waals surface area contributed by atoms with Gasteiger partial charge in [0.05, 0.1) is 34.9 Å². The van der Waals surface area contributed by atoms with Gasteiger partial charge in [0, 0.05) is 26.2 Å². The minimum atomic E-state index is -1.79. The lowest BCUT2D eigenvalue weighted by molar-refractivity contribution is -0.152. The fourth-order valence-corrected chi connectivity index (χ4v) is 2.88. The molecule has 0 saturated heterocycles. The van der Waals surface area contributed by atoms with Crippen LogP contribution in [0.3, 0.4) is 0 Å². The fourth-order valence-electron chi connectivity index (χ4n) is 2.88. The van der Waals surface area contributed by atoms with Gasteiger partial charge in [-0.25, -0.2) is 4.79 Å². The van der Waals surface area contributed by atoms with Crippen LogP contribution >= 0.6 is 0 Å². The van der Waals surface area contributed by atoms with Gasteiger partial charge in [-0.3, -0.25) is 4.79 Å². The Hall–Kier alpha value is -3.54. The van der Waals surface area contributed by atoms with Crippen molar-refractivity contribution in [3.05, 3.63) is 47.5 Å². The summed E-state index contributed by atoms with van der Waals surface area (Å²) in [6.45, 7) is 3.28. The molecule has 0 radical (unpaired) electrons. The van der Waals surface area contributed by atoms with Crippen LogP contribution < -0.4 is 29.6 Å². The van der Waals surface area contributed by atoms with E-state index in [9.17, 15) is 9.59 Å². The predicted octanol–water partition coefficient (Wildman–Crippen LogP) is 1.51. The van der Waals surface area contributed by atoms with Crippen molar-refractivity contribution < 1.29 is 43.9 Å². The fraction of sp³-hybridized carbons (Fsp3) is 0.417. The maximum absolute atomic E-state index is 9.72. The third-order valence-electron chi connectivity index (χ3n) is 4.69. The van der Waals surface area contributed by atoms with E-state index >= 15 is 0 Å². The standard InChI is InChI=1S/C20H28N2O4.C4H6O5/c1-23-17-7-5-15(11-19(17)25-3)13-21-9-10-22-14-16-6-8-18(24-2)20(12-16)26-4;5-2(4(8)9)1-3(6)7/h5-8,11-12,21-22H,9-10,13-14H2,1-4H3;2,5H,1H2,(H,6,7)(H,8,9). The topological polar surface area (TPSA) is 156 Å². The van der Waals surface area contributed by atoms with Gasteiger partial charge in [-0.2, -0.15) is 0 Å². The zero-order chi connectivity index (χ0) is 26.2. The van der Waals surface area contributed by atoms with E-state index in [4.69, 9.17) is 34.3 Å². The number of ether oxygens (including phenoxy) is 4. The number of hydrogen-bond donors (Lipinski definition) is 5. The number of rotatable bonds is 14. The number of aliphatic hydroxyl groups is 1. The number of aliphatic carboxylic acids is 2.